The Bertz CT molecular complexity index is 1080. The first-order chi connectivity index (χ1) is 12.7. The van der Waals surface area contributed by atoms with Crippen molar-refractivity contribution < 1.29 is 9.53 Å². The van der Waals surface area contributed by atoms with Crippen molar-refractivity contribution in [3.63, 3.8) is 0 Å². The topological polar surface area (TPSA) is 68.1 Å². The number of fused-ring (bicyclic) bond motifs is 2. The minimum atomic E-state index is -0.425. The number of aromatic nitrogens is 1. The van der Waals surface area contributed by atoms with Crippen molar-refractivity contribution in [1.82, 2.24) is 4.98 Å². The molecule has 0 saturated heterocycles. The van der Waals surface area contributed by atoms with Crippen molar-refractivity contribution in [3.8, 4) is 5.75 Å². The van der Waals surface area contributed by atoms with Crippen molar-refractivity contribution in [2.24, 2.45) is 5.73 Å². The van der Waals surface area contributed by atoms with E-state index in [0.29, 0.717) is 12.3 Å². The van der Waals surface area contributed by atoms with Crippen molar-refractivity contribution in [3.05, 3.63) is 78.0 Å². The molecule has 0 bridgehead atoms. The molecule has 0 saturated carbocycles. The average Bonchev–Trinajstić information content (AvgIpc) is 3.04. The molecule has 0 aliphatic rings. The number of nitrogens with one attached hydrogen (secondary N) is 1. The number of aryl methyl sites for hydroxylation is 1. The zero-order valence-corrected chi connectivity index (χ0v) is 14.4. The summed E-state index contributed by atoms with van der Waals surface area (Å²) in [5, 5.41) is 3.32. The number of amides is 1. The van der Waals surface area contributed by atoms with Gasteiger partial charge in [0, 0.05) is 16.3 Å². The van der Waals surface area contributed by atoms with Gasteiger partial charge in [-0.15, -0.1) is 0 Å². The molecule has 1 aromatic heterocycles. The molecule has 1 amide bonds. The minimum absolute atomic E-state index is 0.425. The maximum absolute atomic E-state index is 11.8. The summed E-state index contributed by atoms with van der Waals surface area (Å²) >= 11 is 0. The molecule has 3 aromatic carbocycles. The Hall–Kier alpha value is -3.27. The standard InChI is InChI=1S/C22H20N2O2/c23-22(25)21-18(17-10-3-4-12-19(17)24-21)11-6-14-26-20-13-5-8-15-7-1-2-9-16(15)20/h1-5,7-10,12-13,24H,6,11,14H2,(H2,23,25). The summed E-state index contributed by atoms with van der Waals surface area (Å²) in [7, 11) is 0. The Morgan fingerprint density at radius 1 is 0.923 bits per heavy atom. The highest BCUT2D eigenvalue weighted by molar-refractivity contribution is 6.00. The fourth-order valence-electron chi connectivity index (χ4n) is 3.42. The molecular formula is C22H20N2O2. The lowest BCUT2D eigenvalue weighted by molar-refractivity contribution is 0.0995. The molecule has 0 aliphatic carbocycles. The highest BCUT2D eigenvalue weighted by Gasteiger charge is 2.15. The lowest BCUT2D eigenvalue weighted by atomic mass is 10.1. The molecule has 4 nitrogen and oxygen atoms in total. The highest BCUT2D eigenvalue weighted by atomic mass is 16.5. The number of hydrogen-bond acceptors (Lipinski definition) is 2. The average molecular weight is 344 g/mol. The van der Waals surface area contributed by atoms with Crippen molar-refractivity contribution in [1.29, 1.82) is 0 Å². The predicted molar refractivity (Wildman–Crippen MR) is 105 cm³/mol. The monoisotopic (exact) mass is 344 g/mol. The molecule has 0 aliphatic heterocycles. The first kappa shape index (κ1) is 16.2. The Morgan fingerprint density at radius 2 is 1.65 bits per heavy atom. The molecule has 0 fully saturated rings. The second-order valence-corrected chi connectivity index (χ2v) is 6.32. The Morgan fingerprint density at radius 3 is 2.50 bits per heavy atom. The van der Waals surface area contributed by atoms with E-state index in [1.807, 2.05) is 48.5 Å². The quantitative estimate of drug-likeness (QED) is 0.508. The fourth-order valence-corrected chi connectivity index (χ4v) is 3.42. The zero-order valence-electron chi connectivity index (χ0n) is 14.4. The summed E-state index contributed by atoms with van der Waals surface area (Å²) in [6.07, 6.45) is 1.53. The van der Waals surface area contributed by atoms with Crippen LogP contribution in [0.1, 0.15) is 22.5 Å². The number of benzene rings is 3. The van der Waals surface area contributed by atoms with E-state index in [0.717, 1.165) is 45.8 Å². The number of aromatic amines is 1. The van der Waals surface area contributed by atoms with Gasteiger partial charge in [-0.1, -0.05) is 54.6 Å². The second kappa shape index (κ2) is 6.92. The normalized spacial score (nSPS) is 11.1. The second-order valence-electron chi connectivity index (χ2n) is 6.32. The largest absolute Gasteiger partial charge is 0.493 e. The van der Waals surface area contributed by atoms with E-state index < -0.39 is 5.91 Å². The molecule has 4 aromatic rings. The Labute approximate surface area is 151 Å². The third-order valence-corrected chi connectivity index (χ3v) is 4.64. The van der Waals surface area contributed by atoms with Crippen LogP contribution in [-0.2, 0) is 6.42 Å². The van der Waals surface area contributed by atoms with Crippen LogP contribution in [0.5, 0.6) is 5.75 Å². The lowest BCUT2D eigenvalue weighted by Crippen LogP contribution is -2.14. The number of para-hydroxylation sites is 1. The summed E-state index contributed by atoms with van der Waals surface area (Å²) in [4.78, 5) is 14.9. The summed E-state index contributed by atoms with van der Waals surface area (Å²) in [5.41, 5.74) is 7.93. The number of hydrogen-bond donors (Lipinski definition) is 2. The van der Waals surface area contributed by atoms with Crippen LogP contribution in [0.4, 0.5) is 0 Å². The van der Waals surface area contributed by atoms with Crippen LogP contribution >= 0.6 is 0 Å². The number of nitrogens with two attached hydrogens (primary N) is 1. The molecule has 0 radical (unpaired) electrons. The Balaban J connectivity index is 1.49. The summed E-state index contributed by atoms with van der Waals surface area (Å²) in [6, 6.07) is 22.1. The molecule has 0 unspecified atom stereocenters. The van der Waals surface area contributed by atoms with Gasteiger partial charge in [-0.3, -0.25) is 4.79 Å². The van der Waals surface area contributed by atoms with E-state index >= 15 is 0 Å². The Kier molecular flexibility index (Phi) is 4.32. The predicted octanol–water partition coefficient (Wildman–Crippen LogP) is 4.43. The maximum atomic E-state index is 11.8. The number of carbonyl (C=O) groups excluding carboxylic acids is 1. The van der Waals surface area contributed by atoms with Crippen molar-refractivity contribution in [2.75, 3.05) is 6.61 Å². The van der Waals surface area contributed by atoms with Crippen molar-refractivity contribution >= 4 is 27.6 Å². The molecule has 4 rings (SSSR count). The van der Waals surface area contributed by atoms with Crippen molar-refractivity contribution in [2.45, 2.75) is 12.8 Å². The van der Waals surface area contributed by atoms with Gasteiger partial charge in [-0.25, -0.2) is 0 Å². The van der Waals surface area contributed by atoms with Crippen LogP contribution in [0.2, 0.25) is 0 Å². The van der Waals surface area contributed by atoms with E-state index in [9.17, 15) is 4.79 Å². The summed E-state index contributed by atoms with van der Waals surface area (Å²) in [5.74, 6) is 0.461. The molecule has 26 heavy (non-hydrogen) atoms. The smallest absolute Gasteiger partial charge is 0.265 e. The van der Waals surface area contributed by atoms with Crippen LogP contribution in [0.15, 0.2) is 66.7 Å². The van der Waals surface area contributed by atoms with E-state index in [2.05, 4.69) is 23.2 Å². The molecule has 130 valence electrons. The number of H-pyrrole nitrogens is 1. The van der Waals surface area contributed by atoms with E-state index in [1.165, 1.54) is 0 Å². The van der Waals surface area contributed by atoms with Gasteiger partial charge in [0.15, 0.2) is 0 Å². The van der Waals surface area contributed by atoms with Crippen LogP contribution in [0, 0.1) is 0 Å². The van der Waals surface area contributed by atoms with E-state index in [1.54, 1.807) is 0 Å². The third-order valence-electron chi connectivity index (χ3n) is 4.64. The van der Waals surface area contributed by atoms with E-state index in [-0.39, 0.29) is 0 Å². The first-order valence-corrected chi connectivity index (χ1v) is 8.74. The van der Waals surface area contributed by atoms with Crippen LogP contribution in [-0.4, -0.2) is 17.5 Å². The van der Waals surface area contributed by atoms with Gasteiger partial charge in [0.1, 0.15) is 11.4 Å². The first-order valence-electron chi connectivity index (χ1n) is 8.74. The maximum Gasteiger partial charge on any atom is 0.265 e. The van der Waals surface area contributed by atoms with Gasteiger partial charge in [-0.2, -0.15) is 0 Å². The number of rotatable bonds is 6. The third kappa shape index (κ3) is 3.02. The number of ether oxygens (including phenoxy) is 1. The van der Waals surface area contributed by atoms with Gasteiger partial charge in [0.25, 0.3) is 5.91 Å². The van der Waals surface area contributed by atoms with Gasteiger partial charge < -0.3 is 15.5 Å². The SMILES string of the molecule is NC(=O)c1[nH]c2ccccc2c1CCCOc1cccc2ccccc12. The zero-order chi connectivity index (χ0) is 17.9. The number of primary amides is 1. The van der Waals surface area contributed by atoms with Gasteiger partial charge in [0.05, 0.1) is 6.61 Å². The molecule has 0 spiro atoms. The van der Waals surface area contributed by atoms with E-state index in [4.69, 9.17) is 10.5 Å². The van der Waals surface area contributed by atoms with Gasteiger partial charge >= 0.3 is 0 Å². The van der Waals surface area contributed by atoms with Gasteiger partial charge in [0.2, 0.25) is 0 Å². The molecule has 1 heterocycles. The molecular weight excluding hydrogens is 324 g/mol. The summed E-state index contributed by atoms with van der Waals surface area (Å²) < 4.78 is 6.00. The molecule has 0 atom stereocenters. The lowest BCUT2D eigenvalue weighted by Gasteiger charge is -2.09. The van der Waals surface area contributed by atoms with Crippen LogP contribution < -0.4 is 10.5 Å². The van der Waals surface area contributed by atoms with Crippen LogP contribution in [0.25, 0.3) is 21.7 Å². The van der Waals surface area contributed by atoms with Crippen LogP contribution in [0.3, 0.4) is 0 Å². The number of carbonyl (C=O) groups is 1. The fraction of sp³-hybridized carbons (Fsp3) is 0.136. The summed E-state index contributed by atoms with van der Waals surface area (Å²) in [6.45, 7) is 0.575. The molecule has 4 heteroatoms. The molecule has 3 N–H and O–H groups in total. The minimum Gasteiger partial charge on any atom is -0.493 e. The highest BCUT2D eigenvalue weighted by Crippen LogP contribution is 2.26. The van der Waals surface area contributed by atoms with Gasteiger partial charge in [-0.05, 0) is 35.9 Å².